The number of nitrogens with zero attached hydrogens (tertiary/aromatic N) is 4. The quantitative estimate of drug-likeness (QED) is 0.220. The van der Waals surface area contributed by atoms with E-state index in [0.29, 0.717) is 15.9 Å². The van der Waals surface area contributed by atoms with Gasteiger partial charge in [-0.05, 0) is 34.1 Å². The van der Waals surface area contributed by atoms with Gasteiger partial charge in [0.2, 0.25) is 0 Å². The van der Waals surface area contributed by atoms with Gasteiger partial charge in [-0.1, -0.05) is 12.1 Å². The minimum atomic E-state index is -0.716. The number of halogens is 1. The first kappa shape index (κ1) is 17.5. The van der Waals surface area contributed by atoms with Crippen molar-refractivity contribution in [3.63, 3.8) is 0 Å². The lowest BCUT2D eigenvalue weighted by Gasteiger charge is -2.16. The van der Waals surface area contributed by atoms with E-state index in [4.69, 9.17) is 10.3 Å². The van der Waals surface area contributed by atoms with Crippen LogP contribution < -0.4 is 11.0 Å². The van der Waals surface area contributed by atoms with Crippen LogP contribution in [0.25, 0.3) is 11.5 Å². The number of nitro groups is 1. The smallest absolute Gasteiger partial charge is 0.399 e. The number of aldehydes is 1. The second kappa shape index (κ2) is 6.90. The summed E-state index contributed by atoms with van der Waals surface area (Å²) in [5.41, 5.74) is 0.349. The van der Waals surface area contributed by atoms with Gasteiger partial charge in [0.25, 0.3) is 5.91 Å². The Kier molecular flexibility index (Phi) is 4.65. The summed E-state index contributed by atoms with van der Waals surface area (Å²) in [6.45, 7) is 0. The molecular weight excluding hydrogens is 410 g/mol. The van der Waals surface area contributed by atoms with Gasteiger partial charge in [0.15, 0.2) is 12.0 Å². The van der Waals surface area contributed by atoms with Crippen LogP contribution in [0.5, 0.6) is 0 Å². The van der Waals surface area contributed by atoms with Crippen LogP contribution in [0.1, 0.15) is 20.7 Å². The lowest BCUT2D eigenvalue weighted by molar-refractivity contribution is -0.401. The lowest BCUT2D eigenvalue weighted by atomic mass is 10.2. The van der Waals surface area contributed by atoms with E-state index >= 15 is 0 Å². The zero-order valence-corrected chi connectivity index (χ0v) is 14.5. The molecule has 1 amide bonds. The summed E-state index contributed by atoms with van der Waals surface area (Å²) in [6.07, 6.45) is 1.69. The largest absolute Gasteiger partial charge is 0.433 e. The summed E-state index contributed by atoms with van der Waals surface area (Å²) in [7, 11) is 0. The van der Waals surface area contributed by atoms with Crippen LogP contribution in [0.3, 0.4) is 0 Å². The maximum absolute atomic E-state index is 12.5. The SMILES string of the molecule is NN(C(=O)c1ccccc1Br)n1cc(C=O)c(-c2ccc([N+](=O)[O-])o2)n1. The maximum Gasteiger partial charge on any atom is 0.433 e. The highest BCUT2D eigenvalue weighted by molar-refractivity contribution is 9.10. The highest BCUT2D eigenvalue weighted by Crippen LogP contribution is 2.27. The Morgan fingerprint density at radius 1 is 1.35 bits per heavy atom. The molecule has 2 heterocycles. The Bertz CT molecular complexity index is 1010. The van der Waals surface area contributed by atoms with E-state index in [1.54, 1.807) is 24.3 Å². The summed E-state index contributed by atoms with van der Waals surface area (Å²) in [4.78, 5) is 34.8. The van der Waals surface area contributed by atoms with Crippen molar-refractivity contribution < 1.29 is 18.9 Å². The average molecular weight is 420 g/mol. The lowest BCUT2D eigenvalue weighted by Crippen LogP contribution is -2.47. The minimum Gasteiger partial charge on any atom is -0.399 e. The molecule has 10 nitrogen and oxygen atoms in total. The zero-order chi connectivity index (χ0) is 18.8. The summed E-state index contributed by atoms with van der Waals surface area (Å²) in [5.74, 6) is 4.73. The van der Waals surface area contributed by atoms with Gasteiger partial charge in [0.1, 0.15) is 10.6 Å². The Hall–Kier alpha value is -3.31. The van der Waals surface area contributed by atoms with Gasteiger partial charge in [-0.2, -0.15) is 9.91 Å². The highest BCUT2D eigenvalue weighted by atomic mass is 79.9. The Labute approximate surface area is 154 Å². The Balaban J connectivity index is 1.97. The molecule has 0 aliphatic carbocycles. The normalized spacial score (nSPS) is 10.5. The number of carbonyl (C=O) groups is 2. The number of nitrogens with two attached hydrogens (primary N) is 1. The molecule has 0 bridgehead atoms. The molecule has 0 saturated carbocycles. The summed E-state index contributed by atoms with van der Waals surface area (Å²) in [6, 6.07) is 9.08. The molecule has 0 radical (unpaired) electrons. The van der Waals surface area contributed by atoms with Gasteiger partial charge in [-0.25, -0.2) is 5.84 Å². The van der Waals surface area contributed by atoms with Crippen molar-refractivity contribution in [3.05, 3.63) is 68.3 Å². The molecule has 26 heavy (non-hydrogen) atoms. The van der Waals surface area contributed by atoms with Gasteiger partial charge >= 0.3 is 5.88 Å². The van der Waals surface area contributed by atoms with Crippen LogP contribution in [-0.4, -0.2) is 27.0 Å². The number of rotatable bonds is 5. The molecule has 0 spiro atoms. The monoisotopic (exact) mass is 419 g/mol. The fourth-order valence-electron chi connectivity index (χ4n) is 2.17. The Morgan fingerprint density at radius 3 is 2.69 bits per heavy atom. The number of aromatic nitrogens is 2. The molecular formula is C15H10BrN5O5. The molecule has 2 aromatic heterocycles. The molecule has 11 heteroatoms. The van der Waals surface area contributed by atoms with Crippen LogP contribution >= 0.6 is 15.9 Å². The number of hydrazine groups is 1. The number of hydrogen-bond acceptors (Lipinski definition) is 7. The molecule has 3 rings (SSSR count). The van der Waals surface area contributed by atoms with Crippen molar-refractivity contribution >= 4 is 34.0 Å². The van der Waals surface area contributed by atoms with Gasteiger partial charge in [-0.15, -0.1) is 5.10 Å². The third-order valence-corrected chi connectivity index (χ3v) is 4.09. The standard InChI is InChI=1S/C15H10BrN5O5/c16-11-4-2-1-3-10(11)15(23)20(17)19-7-9(8-22)14(18-19)12-5-6-13(26-12)21(24)25/h1-8H,17H2. The zero-order valence-electron chi connectivity index (χ0n) is 12.9. The van der Waals surface area contributed by atoms with Gasteiger partial charge in [0.05, 0.1) is 23.4 Å². The molecule has 0 aliphatic rings. The fraction of sp³-hybridized carbons (Fsp3) is 0. The van der Waals surface area contributed by atoms with Crippen LogP contribution in [0.15, 0.2) is 51.5 Å². The second-order valence-electron chi connectivity index (χ2n) is 5.00. The number of carbonyl (C=O) groups excluding carboxylic acids is 2. The topological polar surface area (TPSA) is 138 Å². The molecule has 132 valence electrons. The van der Waals surface area contributed by atoms with Crippen molar-refractivity contribution in [2.75, 3.05) is 5.12 Å². The number of hydrogen-bond donors (Lipinski definition) is 1. The molecule has 1 aromatic carbocycles. The van der Waals surface area contributed by atoms with Crippen LogP contribution in [0.2, 0.25) is 0 Å². The molecule has 3 aromatic rings. The predicted molar refractivity (Wildman–Crippen MR) is 92.8 cm³/mol. The molecule has 0 unspecified atom stereocenters. The van der Waals surface area contributed by atoms with E-state index < -0.39 is 16.7 Å². The predicted octanol–water partition coefficient (Wildman–Crippen LogP) is 2.28. The molecule has 0 aliphatic heterocycles. The summed E-state index contributed by atoms with van der Waals surface area (Å²) in [5, 5.41) is 15.5. The van der Waals surface area contributed by atoms with Gasteiger partial charge < -0.3 is 4.42 Å². The van der Waals surface area contributed by atoms with Crippen LogP contribution in [0, 0.1) is 10.1 Å². The van der Waals surface area contributed by atoms with Crippen molar-refractivity contribution in [2.45, 2.75) is 0 Å². The van der Waals surface area contributed by atoms with Crippen LogP contribution in [0.4, 0.5) is 5.88 Å². The number of benzene rings is 1. The molecule has 0 saturated heterocycles. The number of amides is 1. The molecule has 0 atom stereocenters. The van der Waals surface area contributed by atoms with Crippen molar-refractivity contribution in [3.8, 4) is 11.5 Å². The van der Waals surface area contributed by atoms with Crippen molar-refractivity contribution in [2.24, 2.45) is 5.84 Å². The first-order chi connectivity index (χ1) is 12.4. The van der Waals surface area contributed by atoms with E-state index in [-0.39, 0.29) is 22.6 Å². The van der Waals surface area contributed by atoms with E-state index in [0.717, 1.165) is 10.9 Å². The van der Waals surface area contributed by atoms with Gasteiger partial charge in [-0.3, -0.25) is 19.7 Å². The maximum atomic E-state index is 12.5. The van der Waals surface area contributed by atoms with Crippen LogP contribution in [-0.2, 0) is 0 Å². The third-order valence-electron chi connectivity index (χ3n) is 3.40. The summed E-state index contributed by atoms with van der Waals surface area (Å²) < 4.78 is 5.58. The third kappa shape index (κ3) is 3.12. The van der Waals surface area contributed by atoms with E-state index in [1.165, 1.54) is 12.3 Å². The van der Waals surface area contributed by atoms with E-state index in [2.05, 4.69) is 21.0 Å². The van der Waals surface area contributed by atoms with Crippen molar-refractivity contribution in [1.82, 2.24) is 9.89 Å². The van der Waals surface area contributed by atoms with Gasteiger partial charge in [0, 0.05) is 4.47 Å². The number of furan rings is 1. The van der Waals surface area contributed by atoms with Crippen molar-refractivity contribution in [1.29, 1.82) is 0 Å². The first-order valence-electron chi connectivity index (χ1n) is 7.05. The fourth-order valence-corrected chi connectivity index (χ4v) is 2.62. The summed E-state index contributed by atoms with van der Waals surface area (Å²) >= 11 is 3.26. The van der Waals surface area contributed by atoms with E-state index in [9.17, 15) is 19.7 Å². The highest BCUT2D eigenvalue weighted by Gasteiger charge is 2.23. The Morgan fingerprint density at radius 2 is 2.08 bits per heavy atom. The minimum absolute atomic E-state index is 0.000657. The van der Waals surface area contributed by atoms with E-state index in [1.807, 2.05) is 0 Å². The molecule has 2 N–H and O–H groups in total. The second-order valence-corrected chi connectivity index (χ2v) is 5.85. The average Bonchev–Trinajstić information content (AvgIpc) is 3.27. The first-order valence-corrected chi connectivity index (χ1v) is 7.85. The molecule has 0 fully saturated rings.